The lowest BCUT2D eigenvalue weighted by Crippen LogP contribution is -2.10. The van der Waals surface area contributed by atoms with Gasteiger partial charge in [-0.3, -0.25) is 0 Å². The lowest BCUT2D eigenvalue weighted by Gasteiger charge is -2.28. The Hall–Kier alpha value is -8.98. The van der Waals surface area contributed by atoms with Gasteiger partial charge in [0.1, 0.15) is 0 Å². The number of rotatable bonds is 10. The number of anilines is 6. The average molecular weight is 893 g/mol. The summed E-state index contributed by atoms with van der Waals surface area (Å²) in [6, 6.07) is 84.8. The molecule has 13 aromatic carbocycles. The summed E-state index contributed by atoms with van der Waals surface area (Å²) in [6.45, 7) is 4.29. The van der Waals surface area contributed by atoms with Crippen LogP contribution in [0.5, 0.6) is 0 Å². The van der Waals surface area contributed by atoms with Gasteiger partial charge in [0.2, 0.25) is 0 Å². The molecule has 0 saturated heterocycles. The number of hydrogen-bond acceptors (Lipinski definition) is 2. The summed E-state index contributed by atoms with van der Waals surface area (Å²) in [7, 11) is 0. The van der Waals surface area contributed by atoms with Crippen LogP contribution in [0.4, 0.5) is 34.1 Å². The zero-order valence-electron chi connectivity index (χ0n) is 39.1. The van der Waals surface area contributed by atoms with E-state index in [1.165, 1.54) is 87.1 Å². The zero-order valence-corrected chi connectivity index (χ0v) is 39.1. The molecule has 0 heterocycles. The lowest BCUT2D eigenvalue weighted by molar-refractivity contribution is 1.29. The van der Waals surface area contributed by atoms with Crippen LogP contribution in [0.3, 0.4) is 0 Å². The fourth-order valence-electron chi connectivity index (χ4n) is 10.6. The van der Waals surface area contributed by atoms with E-state index < -0.39 is 0 Å². The summed E-state index contributed by atoms with van der Waals surface area (Å²) < 4.78 is 0. The molecule has 0 aliphatic carbocycles. The molecule has 13 rings (SSSR count). The molecule has 13 aromatic rings. The maximum absolute atomic E-state index is 2.40. The van der Waals surface area contributed by atoms with Crippen molar-refractivity contribution in [1.29, 1.82) is 0 Å². The van der Waals surface area contributed by atoms with Gasteiger partial charge in [-0.15, -0.1) is 0 Å². The first kappa shape index (κ1) is 41.2. The first-order valence-electron chi connectivity index (χ1n) is 24.2. The van der Waals surface area contributed by atoms with Crippen LogP contribution in [0.1, 0.15) is 33.4 Å². The maximum atomic E-state index is 2.40. The summed E-state index contributed by atoms with van der Waals surface area (Å²) >= 11 is 0. The van der Waals surface area contributed by atoms with Gasteiger partial charge < -0.3 is 9.80 Å². The van der Waals surface area contributed by atoms with Crippen molar-refractivity contribution in [2.75, 3.05) is 9.80 Å². The lowest BCUT2D eigenvalue weighted by atomic mass is 9.93. The highest BCUT2D eigenvalue weighted by molar-refractivity contribution is 6.27. The molecule has 0 aliphatic rings. The van der Waals surface area contributed by atoms with E-state index in [0.29, 0.717) is 0 Å². The minimum absolute atomic E-state index is 1.12. The molecule has 0 aliphatic heterocycles. The van der Waals surface area contributed by atoms with Crippen LogP contribution in [0.15, 0.2) is 231 Å². The van der Waals surface area contributed by atoms with E-state index in [0.717, 1.165) is 45.0 Å². The SMILES string of the molecule is Cc1ccc(N(c2ccc(C=Cc3ccc(C=Cc4ccc(N(c5ccc(C)cc5)c5ccc6ccc7cccc8ccc5c6c78)cc4)cc3)cc2)c2ccc3ccc4cccc5ccc2c3c45)cc1. The van der Waals surface area contributed by atoms with Gasteiger partial charge >= 0.3 is 0 Å². The second kappa shape index (κ2) is 17.0. The smallest absolute Gasteiger partial charge is 0.0540 e. The van der Waals surface area contributed by atoms with Crippen molar-refractivity contribution in [2.24, 2.45) is 0 Å². The Labute approximate surface area is 408 Å². The Kier molecular flexibility index (Phi) is 9.99. The number of nitrogens with zero attached hydrogens (tertiary/aromatic N) is 2. The normalized spacial score (nSPS) is 12.0. The van der Waals surface area contributed by atoms with Crippen molar-refractivity contribution in [3.05, 3.63) is 264 Å². The molecule has 0 unspecified atom stereocenters. The van der Waals surface area contributed by atoms with Gasteiger partial charge in [-0.25, -0.2) is 0 Å². The Balaban J connectivity index is 0.745. The quantitative estimate of drug-likeness (QED) is 0.0997. The molecule has 2 heteroatoms. The summed E-state index contributed by atoms with van der Waals surface area (Å²) in [5.41, 5.74) is 13.9. The third-order valence-corrected chi connectivity index (χ3v) is 14.3. The first-order valence-corrected chi connectivity index (χ1v) is 24.2. The fourth-order valence-corrected chi connectivity index (χ4v) is 10.6. The van der Waals surface area contributed by atoms with Crippen molar-refractivity contribution in [3.63, 3.8) is 0 Å². The molecular formula is C68H48N2. The second-order valence-electron chi connectivity index (χ2n) is 18.7. The van der Waals surface area contributed by atoms with Crippen LogP contribution in [0.25, 0.3) is 88.9 Å². The Bertz CT molecular complexity index is 3790. The Morgan fingerprint density at radius 1 is 0.243 bits per heavy atom. The maximum Gasteiger partial charge on any atom is 0.0540 e. The van der Waals surface area contributed by atoms with Crippen LogP contribution in [0.2, 0.25) is 0 Å². The highest BCUT2D eigenvalue weighted by Crippen LogP contribution is 2.46. The van der Waals surface area contributed by atoms with Crippen molar-refractivity contribution in [3.8, 4) is 0 Å². The van der Waals surface area contributed by atoms with Crippen molar-refractivity contribution in [2.45, 2.75) is 13.8 Å². The topological polar surface area (TPSA) is 6.48 Å². The molecule has 0 aromatic heterocycles. The largest absolute Gasteiger partial charge is 0.310 e. The van der Waals surface area contributed by atoms with Crippen LogP contribution in [0, 0.1) is 13.8 Å². The highest BCUT2D eigenvalue weighted by atomic mass is 15.1. The predicted molar refractivity (Wildman–Crippen MR) is 303 cm³/mol. The van der Waals surface area contributed by atoms with E-state index >= 15 is 0 Å². The third-order valence-electron chi connectivity index (χ3n) is 14.3. The fraction of sp³-hybridized carbons (Fsp3) is 0.0294. The van der Waals surface area contributed by atoms with Crippen molar-refractivity contribution >= 4 is 123 Å². The molecule has 330 valence electrons. The van der Waals surface area contributed by atoms with Gasteiger partial charge in [-0.2, -0.15) is 0 Å². The average Bonchev–Trinajstić information content (AvgIpc) is 3.41. The van der Waals surface area contributed by atoms with E-state index in [1.807, 2.05) is 0 Å². The van der Waals surface area contributed by atoms with Gasteiger partial charge in [0.25, 0.3) is 0 Å². The van der Waals surface area contributed by atoms with E-state index in [9.17, 15) is 0 Å². The molecule has 70 heavy (non-hydrogen) atoms. The molecule has 0 fully saturated rings. The van der Waals surface area contributed by atoms with Crippen molar-refractivity contribution < 1.29 is 0 Å². The molecule has 2 nitrogen and oxygen atoms in total. The highest BCUT2D eigenvalue weighted by Gasteiger charge is 2.20. The molecule has 0 saturated carbocycles. The molecule has 0 spiro atoms. The van der Waals surface area contributed by atoms with Crippen LogP contribution < -0.4 is 9.80 Å². The first-order chi connectivity index (χ1) is 34.5. The number of hydrogen-bond donors (Lipinski definition) is 0. The molecule has 0 radical (unpaired) electrons. The van der Waals surface area contributed by atoms with E-state index in [-0.39, 0.29) is 0 Å². The van der Waals surface area contributed by atoms with Gasteiger partial charge in [-0.1, -0.05) is 205 Å². The van der Waals surface area contributed by atoms with Crippen LogP contribution in [-0.2, 0) is 0 Å². The Morgan fingerprint density at radius 2 is 0.500 bits per heavy atom. The number of aryl methyl sites for hydroxylation is 2. The summed E-state index contributed by atoms with van der Waals surface area (Å²) in [6.07, 6.45) is 8.79. The molecule has 0 bridgehead atoms. The summed E-state index contributed by atoms with van der Waals surface area (Å²) in [5, 5.41) is 15.4. The minimum atomic E-state index is 1.12. The van der Waals surface area contributed by atoms with Crippen molar-refractivity contribution in [1.82, 2.24) is 0 Å². The summed E-state index contributed by atoms with van der Waals surface area (Å²) in [5.74, 6) is 0. The van der Waals surface area contributed by atoms with Gasteiger partial charge in [0, 0.05) is 33.5 Å². The summed E-state index contributed by atoms with van der Waals surface area (Å²) in [4.78, 5) is 4.79. The standard InChI is InChI=1S/C68H48N2/c1-45-9-33-57(34-10-45)69(63-43-31-55-27-25-51-5-3-7-53-29-41-61(63)67(55)65(51)53)59-37-21-49(22-38-59)19-17-47-13-15-48(16-14-47)18-20-50-23-39-60(40-24-50)70(58-35-11-46(2)12-36-58)64-44-32-56-28-26-52-6-4-8-54-30-42-62(64)68(56)66(52)54/h3-44H,1-2H3. The van der Waals surface area contributed by atoms with Crippen LogP contribution in [-0.4, -0.2) is 0 Å². The zero-order chi connectivity index (χ0) is 46.7. The van der Waals surface area contributed by atoms with Gasteiger partial charge in [0.15, 0.2) is 0 Å². The van der Waals surface area contributed by atoms with Gasteiger partial charge in [-0.05, 0) is 151 Å². The number of benzene rings is 13. The molecule has 0 N–H and O–H groups in total. The third kappa shape index (κ3) is 7.30. The second-order valence-corrected chi connectivity index (χ2v) is 18.7. The van der Waals surface area contributed by atoms with E-state index in [1.54, 1.807) is 0 Å². The van der Waals surface area contributed by atoms with Crippen LogP contribution >= 0.6 is 0 Å². The molecule has 0 amide bonds. The predicted octanol–water partition coefficient (Wildman–Crippen LogP) is 19.4. The Morgan fingerprint density at radius 3 is 0.829 bits per heavy atom. The molecule has 0 atom stereocenters. The molecular weight excluding hydrogens is 845 g/mol. The van der Waals surface area contributed by atoms with E-state index in [4.69, 9.17) is 0 Å². The minimum Gasteiger partial charge on any atom is -0.310 e. The monoisotopic (exact) mass is 892 g/mol. The van der Waals surface area contributed by atoms with E-state index in [2.05, 4.69) is 278 Å². The van der Waals surface area contributed by atoms with Gasteiger partial charge in [0.05, 0.1) is 11.4 Å².